The Hall–Kier alpha value is -1.77. The first-order valence-electron chi connectivity index (χ1n) is 26.1. The normalized spacial score (nSPS) is 17.0. The van der Waals surface area contributed by atoms with Crippen molar-refractivity contribution in [1.29, 1.82) is 0 Å². The lowest BCUT2D eigenvalue weighted by molar-refractivity contribution is -0.140. The molecule has 3 rings (SSSR count). The first kappa shape index (κ1) is 68.2. The minimum Gasteiger partial charge on any atom is -0.481 e. The number of aliphatic carboxylic acids is 1. The monoisotopic (exact) mass is 1070 g/mol. The molecule has 4 amide bonds. The molecule has 70 heavy (non-hydrogen) atoms. The van der Waals surface area contributed by atoms with Crippen LogP contribution in [0.15, 0.2) is 0 Å². The van der Waals surface area contributed by atoms with E-state index in [0.717, 1.165) is 134 Å². The van der Waals surface area contributed by atoms with E-state index in [9.17, 15) is 24.0 Å². The summed E-state index contributed by atoms with van der Waals surface area (Å²) in [6.07, 6.45) is 25.2. The topological polar surface area (TPSA) is 250 Å². The molecule has 0 aliphatic heterocycles. The molecule has 0 saturated heterocycles. The van der Waals surface area contributed by atoms with E-state index in [1.807, 2.05) is 54.1 Å². The molecule has 412 valence electrons. The van der Waals surface area contributed by atoms with Crippen molar-refractivity contribution < 1.29 is 38.6 Å². The predicted molar refractivity (Wildman–Crippen MR) is 300 cm³/mol. The summed E-state index contributed by atoms with van der Waals surface area (Å²) in [7, 11) is 3.80. The van der Waals surface area contributed by atoms with Crippen molar-refractivity contribution in [3.63, 3.8) is 0 Å². The molecule has 0 unspecified atom stereocenters. The molecule has 0 spiro atoms. The third kappa shape index (κ3) is 37.0. The molecular formula is C51H101N7O8S4. The molecule has 0 bridgehead atoms. The zero-order valence-electron chi connectivity index (χ0n) is 45.0. The second-order valence-corrected chi connectivity index (χ2v) is 26.0. The molecule has 19 heteroatoms. The number of hydrogen-bond donors (Lipinski definition) is 8. The zero-order chi connectivity index (χ0) is 52.8. The number of nitrogens with two attached hydrogens (primary N) is 3. The van der Waals surface area contributed by atoms with Crippen molar-refractivity contribution in [3.05, 3.63) is 0 Å². The molecule has 3 saturated carbocycles. The van der Waals surface area contributed by atoms with Gasteiger partial charge in [-0.25, -0.2) is 9.59 Å². The third-order valence-electron chi connectivity index (χ3n) is 12.4. The van der Waals surface area contributed by atoms with E-state index in [-0.39, 0.29) is 34.5 Å². The Morgan fingerprint density at radius 1 is 0.500 bits per heavy atom. The smallest absolute Gasteiger partial charge is 0.407 e. The maximum Gasteiger partial charge on any atom is 0.407 e. The van der Waals surface area contributed by atoms with Gasteiger partial charge in [0.2, 0.25) is 11.8 Å². The highest BCUT2D eigenvalue weighted by Gasteiger charge is 2.37. The number of thioether (sulfide) groups is 2. The van der Waals surface area contributed by atoms with Gasteiger partial charge in [-0.15, -0.1) is 0 Å². The Morgan fingerprint density at radius 3 is 1.16 bits per heavy atom. The van der Waals surface area contributed by atoms with Crippen molar-refractivity contribution in [2.45, 2.75) is 194 Å². The fourth-order valence-corrected chi connectivity index (χ4v) is 11.8. The number of amides is 4. The zero-order valence-corrected chi connectivity index (χ0v) is 48.3. The minimum atomic E-state index is -0.798. The summed E-state index contributed by atoms with van der Waals surface area (Å²) in [4.78, 5) is 58.7. The molecule has 0 heterocycles. The number of carboxylic acids is 1. The van der Waals surface area contributed by atoms with Crippen LogP contribution < -0.4 is 38.5 Å². The van der Waals surface area contributed by atoms with Crippen molar-refractivity contribution in [2.75, 3.05) is 81.3 Å². The van der Waals surface area contributed by atoms with E-state index in [0.29, 0.717) is 32.5 Å². The van der Waals surface area contributed by atoms with Gasteiger partial charge in [0, 0.05) is 50.5 Å². The summed E-state index contributed by atoms with van der Waals surface area (Å²) >= 11 is 3.61. The molecular weight excluding hydrogens is 967 g/mol. The Kier molecular flexibility index (Phi) is 38.7. The first-order chi connectivity index (χ1) is 33.1. The third-order valence-corrected chi connectivity index (χ3v) is 16.4. The highest BCUT2D eigenvalue weighted by atomic mass is 33.1. The summed E-state index contributed by atoms with van der Waals surface area (Å²) in [5.41, 5.74) is 15.2. The Labute approximate surface area is 441 Å². The van der Waals surface area contributed by atoms with Gasteiger partial charge in [0.05, 0.1) is 6.42 Å². The average Bonchev–Trinajstić information content (AvgIpc) is 3.29. The summed E-state index contributed by atoms with van der Waals surface area (Å²) in [6, 6.07) is 0. The number of carboxylic acid groups (broad SMARTS) is 1. The largest absolute Gasteiger partial charge is 0.481 e. The number of carbonyl (C=O) groups excluding carboxylic acids is 4. The van der Waals surface area contributed by atoms with Gasteiger partial charge >= 0.3 is 18.2 Å². The van der Waals surface area contributed by atoms with Crippen molar-refractivity contribution in [1.82, 2.24) is 21.3 Å². The number of ether oxygens (including phenoxy) is 2. The molecule has 0 aromatic heterocycles. The minimum absolute atomic E-state index is 0.0990. The fourth-order valence-electron chi connectivity index (χ4n) is 8.76. The number of alkyl carbamates (subject to hydrolysis) is 2. The summed E-state index contributed by atoms with van der Waals surface area (Å²) < 4.78 is 10.5. The lowest BCUT2D eigenvalue weighted by Crippen LogP contribution is -2.44. The Bertz CT molecular complexity index is 1390. The number of rotatable bonds is 26. The Morgan fingerprint density at radius 2 is 0.843 bits per heavy atom. The van der Waals surface area contributed by atoms with E-state index in [1.54, 1.807) is 32.5 Å². The van der Waals surface area contributed by atoms with Crippen LogP contribution in [0.5, 0.6) is 0 Å². The van der Waals surface area contributed by atoms with E-state index >= 15 is 0 Å². The molecule has 0 atom stereocenters. The van der Waals surface area contributed by atoms with Crippen LogP contribution in [0.25, 0.3) is 0 Å². The van der Waals surface area contributed by atoms with Crippen LogP contribution in [-0.2, 0) is 23.9 Å². The van der Waals surface area contributed by atoms with Gasteiger partial charge in [0.1, 0.15) is 11.2 Å². The molecule has 0 aromatic carbocycles. The summed E-state index contributed by atoms with van der Waals surface area (Å²) in [5, 5.41) is 20.7. The van der Waals surface area contributed by atoms with Gasteiger partial charge in [-0.2, -0.15) is 23.5 Å². The van der Waals surface area contributed by atoms with E-state index < -0.39 is 29.4 Å². The molecule has 3 fully saturated rings. The quantitative estimate of drug-likeness (QED) is 0.0297. The van der Waals surface area contributed by atoms with Crippen LogP contribution in [0.3, 0.4) is 0 Å². The number of nitrogens with one attached hydrogen (secondary N) is 4. The molecule has 0 aromatic rings. The van der Waals surface area contributed by atoms with Crippen LogP contribution >= 0.6 is 45.1 Å². The van der Waals surface area contributed by atoms with Gasteiger partial charge in [-0.1, -0.05) is 79.4 Å². The molecule has 3 aliphatic rings. The molecule has 11 N–H and O–H groups in total. The number of hydrogen-bond acceptors (Lipinski definition) is 14. The van der Waals surface area contributed by atoms with E-state index in [1.165, 1.54) is 37.2 Å². The van der Waals surface area contributed by atoms with E-state index in [4.69, 9.17) is 31.8 Å². The van der Waals surface area contributed by atoms with Gasteiger partial charge in [0.15, 0.2) is 0 Å². The van der Waals surface area contributed by atoms with Crippen molar-refractivity contribution in [2.24, 2.45) is 33.4 Å². The lowest BCUT2D eigenvalue weighted by Gasteiger charge is -2.37. The van der Waals surface area contributed by atoms with Gasteiger partial charge in [0.25, 0.3) is 0 Å². The molecule has 3 aliphatic carbocycles. The lowest BCUT2D eigenvalue weighted by atomic mass is 9.71. The second-order valence-electron chi connectivity index (χ2n) is 21.3. The van der Waals surface area contributed by atoms with Gasteiger partial charge < -0.3 is 53.0 Å². The predicted octanol–water partition coefficient (Wildman–Crippen LogP) is 9.88. The highest BCUT2D eigenvalue weighted by Crippen LogP contribution is 2.40. The molecule has 0 radical (unpaired) electrons. The maximum atomic E-state index is 12.3. The van der Waals surface area contributed by atoms with Crippen molar-refractivity contribution in [3.8, 4) is 0 Å². The van der Waals surface area contributed by atoms with Crippen molar-refractivity contribution >= 4 is 75.1 Å². The highest BCUT2D eigenvalue weighted by molar-refractivity contribution is 8.76. The van der Waals surface area contributed by atoms with Crippen LogP contribution in [0.4, 0.5) is 9.59 Å². The molecule has 15 nitrogen and oxygen atoms in total. The number of carbonyl (C=O) groups is 5. The van der Waals surface area contributed by atoms with Gasteiger partial charge in [-0.3, -0.25) is 14.4 Å². The maximum absolute atomic E-state index is 12.3. The van der Waals surface area contributed by atoms with Crippen LogP contribution in [0.2, 0.25) is 0 Å². The standard InChI is InChI=1S/C18H34N2O3S.C14H25NO4.C13H26N2OS.C6H16N2S2/c1-17(2,3)23-16(22)20-14-18(9-6-5-7-10-18)13-15(21)19-11-8-12-24-4;1-13(2,3)19-12(18)15-10-14(9-11(16)17)7-5-4-6-8-14;1-17-9-5-8-15-12(16)10-13(11-14)6-3-2-4-7-13;7-3-1-5-9-10-6-2-4-8/h5-14H2,1-4H3,(H,19,21)(H,20,22);4-10H2,1-3H3,(H,15,18)(H,16,17);2-11,14H2,1H3,(H,15,16);1-8H2. The van der Waals surface area contributed by atoms with Crippen LogP contribution in [0.1, 0.15) is 183 Å². The second kappa shape index (κ2) is 39.7. The SMILES string of the molecule is CC(C)(C)OC(=O)NCC1(CC(=O)O)CCCCC1.CSCCCNC(=O)CC1(CN)CCCCC1.CSCCCNC(=O)CC1(CNC(=O)OC(C)(C)C)CCCCC1.NCCCSSCCCN. The van der Waals surface area contributed by atoms with Crippen LogP contribution in [-0.4, -0.2) is 128 Å². The average molecular weight is 1070 g/mol. The van der Waals surface area contributed by atoms with Gasteiger partial charge in [-0.05, 0) is 166 Å². The summed E-state index contributed by atoms with van der Waals surface area (Å²) in [6.45, 7) is 15.7. The van der Waals surface area contributed by atoms with E-state index in [2.05, 4.69) is 33.8 Å². The Balaban J connectivity index is 0.000000942. The van der Waals surface area contributed by atoms with Crippen LogP contribution in [0, 0.1) is 16.2 Å². The first-order valence-corrected chi connectivity index (χ1v) is 31.4. The summed E-state index contributed by atoms with van der Waals surface area (Å²) in [5.74, 6) is 4.01. The fraction of sp³-hybridized carbons (Fsp3) is 0.902.